The highest BCUT2D eigenvalue weighted by Crippen LogP contribution is 2.27. The van der Waals surface area contributed by atoms with Gasteiger partial charge in [-0.25, -0.2) is 4.79 Å². The normalized spacial score (nSPS) is 12.1. The van der Waals surface area contributed by atoms with Crippen LogP contribution < -0.4 is 5.32 Å². The van der Waals surface area contributed by atoms with Crippen LogP contribution in [0.2, 0.25) is 0 Å². The molecule has 1 aromatic rings. The highest BCUT2D eigenvalue weighted by molar-refractivity contribution is 7.99. The number of para-hydroxylation sites is 1. The molecule has 1 aromatic carbocycles. The van der Waals surface area contributed by atoms with Gasteiger partial charge in [-0.15, -0.1) is 11.8 Å². The Labute approximate surface area is 100 Å². The molecule has 88 valence electrons. The first-order chi connectivity index (χ1) is 7.69. The molecule has 0 aliphatic heterocycles. The van der Waals surface area contributed by atoms with Gasteiger partial charge in [-0.05, 0) is 24.3 Å². The molecule has 1 rings (SSSR count). The van der Waals surface area contributed by atoms with E-state index in [0.717, 1.165) is 16.3 Å². The quantitative estimate of drug-likeness (QED) is 0.749. The lowest BCUT2D eigenvalue weighted by Crippen LogP contribution is -2.28. The number of hydrogen-bond donors (Lipinski definition) is 2. The van der Waals surface area contributed by atoms with Crippen molar-refractivity contribution in [2.45, 2.75) is 31.2 Å². The highest BCUT2D eigenvalue weighted by Gasteiger charge is 2.15. The molecule has 1 unspecified atom stereocenters. The van der Waals surface area contributed by atoms with Gasteiger partial charge in [0.15, 0.2) is 0 Å². The van der Waals surface area contributed by atoms with Crippen LogP contribution in [0.5, 0.6) is 0 Å². The van der Waals surface area contributed by atoms with Crippen molar-refractivity contribution in [3.05, 3.63) is 24.3 Å². The molecule has 0 aromatic heterocycles. The number of benzene rings is 1. The van der Waals surface area contributed by atoms with Crippen molar-refractivity contribution in [2.75, 3.05) is 11.1 Å². The topological polar surface area (TPSA) is 49.3 Å². The first kappa shape index (κ1) is 12.9. The molecule has 0 amide bonds. The zero-order chi connectivity index (χ0) is 12.0. The van der Waals surface area contributed by atoms with Gasteiger partial charge in [-0.3, -0.25) is 0 Å². The molecule has 0 heterocycles. The van der Waals surface area contributed by atoms with Crippen LogP contribution in [0.4, 0.5) is 5.69 Å². The van der Waals surface area contributed by atoms with E-state index in [9.17, 15) is 4.79 Å². The molecule has 0 aliphatic carbocycles. The van der Waals surface area contributed by atoms with Crippen LogP contribution >= 0.6 is 11.8 Å². The maximum atomic E-state index is 10.9. The molecular weight excluding hydrogens is 222 g/mol. The summed E-state index contributed by atoms with van der Waals surface area (Å²) in [5.41, 5.74) is 0.906. The fraction of sp³-hybridized carbons (Fsp3) is 0.417. The number of carboxylic acid groups (broad SMARTS) is 1. The fourth-order valence-electron chi connectivity index (χ4n) is 1.39. The Morgan fingerprint density at radius 3 is 2.69 bits per heavy atom. The lowest BCUT2D eigenvalue weighted by Gasteiger charge is -2.16. The van der Waals surface area contributed by atoms with Gasteiger partial charge < -0.3 is 10.4 Å². The SMILES string of the molecule is CCSc1ccccc1NC(CC)C(=O)O. The monoisotopic (exact) mass is 239 g/mol. The van der Waals surface area contributed by atoms with Crippen molar-refractivity contribution in [3.8, 4) is 0 Å². The number of anilines is 1. The fourth-order valence-corrected chi connectivity index (χ4v) is 2.16. The zero-order valence-corrected chi connectivity index (χ0v) is 10.4. The van der Waals surface area contributed by atoms with Gasteiger partial charge in [0.2, 0.25) is 0 Å². The maximum absolute atomic E-state index is 10.9. The predicted molar refractivity (Wildman–Crippen MR) is 68.2 cm³/mol. The van der Waals surface area contributed by atoms with Crippen LogP contribution in [-0.4, -0.2) is 22.9 Å². The molecule has 0 bridgehead atoms. The Morgan fingerprint density at radius 1 is 1.44 bits per heavy atom. The second-order valence-corrected chi connectivity index (χ2v) is 4.68. The Bertz CT molecular complexity index is 355. The lowest BCUT2D eigenvalue weighted by atomic mass is 10.2. The average Bonchev–Trinajstić information content (AvgIpc) is 2.27. The van der Waals surface area contributed by atoms with Crippen molar-refractivity contribution >= 4 is 23.4 Å². The van der Waals surface area contributed by atoms with E-state index in [4.69, 9.17) is 5.11 Å². The second kappa shape index (κ2) is 6.43. The van der Waals surface area contributed by atoms with Gasteiger partial charge >= 0.3 is 5.97 Å². The van der Waals surface area contributed by atoms with Gasteiger partial charge in [0.05, 0.1) is 0 Å². The smallest absolute Gasteiger partial charge is 0.326 e. The number of thioether (sulfide) groups is 1. The van der Waals surface area contributed by atoms with Gasteiger partial charge in [-0.1, -0.05) is 26.0 Å². The van der Waals surface area contributed by atoms with Gasteiger partial charge in [0, 0.05) is 10.6 Å². The summed E-state index contributed by atoms with van der Waals surface area (Å²) in [6.45, 7) is 3.94. The summed E-state index contributed by atoms with van der Waals surface area (Å²) in [5.74, 6) is 0.168. The van der Waals surface area contributed by atoms with Crippen molar-refractivity contribution in [3.63, 3.8) is 0 Å². The zero-order valence-electron chi connectivity index (χ0n) is 9.56. The summed E-state index contributed by atoms with van der Waals surface area (Å²) < 4.78 is 0. The van der Waals surface area contributed by atoms with Crippen LogP contribution in [0.1, 0.15) is 20.3 Å². The van der Waals surface area contributed by atoms with Gasteiger partial charge in [-0.2, -0.15) is 0 Å². The Morgan fingerprint density at radius 2 is 2.12 bits per heavy atom. The Kier molecular flexibility index (Phi) is 5.19. The molecule has 3 nitrogen and oxygen atoms in total. The van der Waals surface area contributed by atoms with E-state index in [2.05, 4.69) is 12.2 Å². The number of rotatable bonds is 6. The minimum Gasteiger partial charge on any atom is -0.480 e. The van der Waals surface area contributed by atoms with Crippen molar-refractivity contribution in [1.29, 1.82) is 0 Å². The maximum Gasteiger partial charge on any atom is 0.326 e. The Hall–Kier alpha value is -1.16. The number of hydrogen-bond acceptors (Lipinski definition) is 3. The molecule has 0 saturated heterocycles. The third kappa shape index (κ3) is 3.45. The van der Waals surface area contributed by atoms with Crippen LogP contribution in [0.15, 0.2) is 29.2 Å². The van der Waals surface area contributed by atoms with Crippen molar-refractivity contribution in [1.82, 2.24) is 0 Å². The molecular formula is C12H17NO2S. The first-order valence-corrected chi connectivity index (χ1v) is 6.38. The van der Waals surface area contributed by atoms with Gasteiger partial charge in [0.25, 0.3) is 0 Å². The van der Waals surface area contributed by atoms with Crippen molar-refractivity contribution in [2.24, 2.45) is 0 Å². The summed E-state index contributed by atoms with van der Waals surface area (Å²) in [4.78, 5) is 12.0. The van der Waals surface area contributed by atoms with E-state index in [-0.39, 0.29) is 0 Å². The molecule has 16 heavy (non-hydrogen) atoms. The second-order valence-electron chi connectivity index (χ2n) is 3.37. The number of carboxylic acids is 1. The minimum atomic E-state index is -0.807. The van der Waals surface area contributed by atoms with Crippen LogP contribution in [0.3, 0.4) is 0 Å². The summed E-state index contributed by atoms with van der Waals surface area (Å²) in [7, 11) is 0. The average molecular weight is 239 g/mol. The standard InChI is InChI=1S/C12H17NO2S/c1-3-9(12(14)15)13-10-7-5-6-8-11(10)16-4-2/h5-9,13H,3-4H2,1-2H3,(H,14,15). The molecule has 0 saturated carbocycles. The van der Waals surface area contributed by atoms with E-state index in [1.165, 1.54) is 0 Å². The highest BCUT2D eigenvalue weighted by atomic mass is 32.2. The van der Waals surface area contributed by atoms with E-state index < -0.39 is 12.0 Å². The molecule has 1 atom stereocenters. The van der Waals surface area contributed by atoms with E-state index in [1.807, 2.05) is 31.2 Å². The number of carbonyl (C=O) groups is 1. The first-order valence-electron chi connectivity index (χ1n) is 5.40. The lowest BCUT2D eigenvalue weighted by molar-refractivity contribution is -0.137. The molecule has 0 fully saturated rings. The third-order valence-corrected chi connectivity index (χ3v) is 3.18. The molecule has 4 heteroatoms. The van der Waals surface area contributed by atoms with Crippen LogP contribution in [0, 0.1) is 0 Å². The number of aliphatic carboxylic acids is 1. The van der Waals surface area contributed by atoms with Crippen LogP contribution in [-0.2, 0) is 4.79 Å². The largest absolute Gasteiger partial charge is 0.480 e. The van der Waals surface area contributed by atoms with Crippen LogP contribution in [0.25, 0.3) is 0 Å². The summed E-state index contributed by atoms with van der Waals surface area (Å²) in [6, 6.07) is 7.29. The third-order valence-electron chi connectivity index (χ3n) is 2.22. The molecule has 0 spiro atoms. The minimum absolute atomic E-state index is 0.515. The summed E-state index contributed by atoms with van der Waals surface area (Å²) in [6.07, 6.45) is 0.570. The van der Waals surface area contributed by atoms with E-state index in [0.29, 0.717) is 6.42 Å². The summed E-state index contributed by atoms with van der Waals surface area (Å²) >= 11 is 1.71. The predicted octanol–water partition coefficient (Wildman–Crippen LogP) is 3.07. The Balaban J connectivity index is 2.82. The summed E-state index contributed by atoms with van der Waals surface area (Å²) in [5, 5.41) is 12.0. The molecule has 0 radical (unpaired) electrons. The van der Waals surface area contributed by atoms with Gasteiger partial charge in [0.1, 0.15) is 6.04 Å². The van der Waals surface area contributed by atoms with E-state index >= 15 is 0 Å². The molecule has 0 aliphatic rings. The van der Waals surface area contributed by atoms with E-state index in [1.54, 1.807) is 11.8 Å². The van der Waals surface area contributed by atoms with Crippen molar-refractivity contribution < 1.29 is 9.90 Å². The number of nitrogens with one attached hydrogen (secondary N) is 1. The molecule has 2 N–H and O–H groups in total.